The lowest BCUT2D eigenvalue weighted by atomic mass is 9.49. The summed E-state index contributed by atoms with van der Waals surface area (Å²) < 4.78 is 1.02. The molecule has 1 amide bonds. The summed E-state index contributed by atoms with van der Waals surface area (Å²) in [6.07, 6.45) is 9.03. The molecule has 1 aromatic carbocycles. The van der Waals surface area contributed by atoms with Crippen molar-refractivity contribution in [3.63, 3.8) is 0 Å². The standard InChI is InChI=1S/C18H21BrN2O/c19-16-3-1-2-12(7-16)11-20-21-17(22)18-8-13-4-14(9-18)6-15(5-13)10-18/h1-3,7,11,13-15H,4-6,8-10H2,(H,21,22). The molecule has 0 atom stereocenters. The maximum absolute atomic E-state index is 12.7. The monoisotopic (exact) mass is 360 g/mol. The third-order valence-corrected chi connectivity index (χ3v) is 6.24. The summed E-state index contributed by atoms with van der Waals surface area (Å²) in [5, 5.41) is 4.19. The number of halogens is 1. The lowest BCUT2D eigenvalue weighted by Gasteiger charge is -2.55. The number of amides is 1. The van der Waals surface area contributed by atoms with Gasteiger partial charge in [-0.15, -0.1) is 0 Å². The highest BCUT2D eigenvalue weighted by Crippen LogP contribution is 2.60. The molecule has 0 radical (unpaired) electrons. The Hall–Kier alpha value is -1.16. The fraction of sp³-hybridized carbons (Fsp3) is 0.556. The van der Waals surface area contributed by atoms with E-state index in [2.05, 4.69) is 26.5 Å². The Morgan fingerprint density at radius 1 is 1.18 bits per heavy atom. The highest BCUT2D eigenvalue weighted by atomic mass is 79.9. The predicted molar refractivity (Wildman–Crippen MR) is 90.5 cm³/mol. The number of hydrogen-bond donors (Lipinski definition) is 1. The van der Waals surface area contributed by atoms with Gasteiger partial charge in [-0.25, -0.2) is 5.43 Å². The first-order valence-electron chi connectivity index (χ1n) is 8.22. The summed E-state index contributed by atoms with van der Waals surface area (Å²) in [7, 11) is 0. The van der Waals surface area contributed by atoms with Crippen molar-refractivity contribution in [2.24, 2.45) is 28.3 Å². The van der Waals surface area contributed by atoms with E-state index in [0.717, 1.165) is 47.1 Å². The molecule has 0 aromatic heterocycles. The van der Waals surface area contributed by atoms with E-state index in [0.29, 0.717) is 0 Å². The van der Waals surface area contributed by atoms with Gasteiger partial charge in [0.1, 0.15) is 0 Å². The van der Waals surface area contributed by atoms with E-state index in [1.807, 2.05) is 24.3 Å². The molecule has 0 saturated heterocycles. The summed E-state index contributed by atoms with van der Waals surface area (Å²) in [5.41, 5.74) is 3.69. The van der Waals surface area contributed by atoms with Crippen LogP contribution in [0.1, 0.15) is 44.1 Å². The zero-order chi connectivity index (χ0) is 15.2. The van der Waals surface area contributed by atoms with Gasteiger partial charge in [0.15, 0.2) is 0 Å². The van der Waals surface area contributed by atoms with E-state index < -0.39 is 0 Å². The zero-order valence-electron chi connectivity index (χ0n) is 12.6. The van der Waals surface area contributed by atoms with Crippen LogP contribution in [0, 0.1) is 23.2 Å². The summed E-state index contributed by atoms with van der Waals surface area (Å²) >= 11 is 3.44. The second kappa shape index (κ2) is 5.48. The second-order valence-electron chi connectivity index (χ2n) is 7.45. The van der Waals surface area contributed by atoms with E-state index in [4.69, 9.17) is 0 Å². The fourth-order valence-electron chi connectivity index (χ4n) is 5.26. The minimum absolute atomic E-state index is 0.122. The molecule has 0 aliphatic heterocycles. The number of nitrogens with zero attached hydrogens (tertiary/aromatic N) is 1. The quantitative estimate of drug-likeness (QED) is 0.639. The Labute approximate surface area is 139 Å². The molecular weight excluding hydrogens is 340 g/mol. The molecule has 3 nitrogen and oxygen atoms in total. The van der Waals surface area contributed by atoms with Gasteiger partial charge in [0.2, 0.25) is 5.91 Å². The van der Waals surface area contributed by atoms with Gasteiger partial charge < -0.3 is 0 Å². The smallest absolute Gasteiger partial charge is 0.246 e. The first kappa shape index (κ1) is 14.4. The van der Waals surface area contributed by atoms with Crippen LogP contribution in [-0.4, -0.2) is 12.1 Å². The van der Waals surface area contributed by atoms with Gasteiger partial charge in [-0.3, -0.25) is 4.79 Å². The van der Waals surface area contributed by atoms with Crippen LogP contribution in [0.25, 0.3) is 0 Å². The predicted octanol–water partition coefficient (Wildman–Crippen LogP) is 4.12. The first-order valence-corrected chi connectivity index (χ1v) is 9.01. The summed E-state index contributed by atoms with van der Waals surface area (Å²) in [4.78, 5) is 12.7. The Morgan fingerprint density at radius 2 is 1.82 bits per heavy atom. The lowest BCUT2D eigenvalue weighted by Crippen LogP contribution is -2.52. The minimum atomic E-state index is -0.122. The van der Waals surface area contributed by atoms with Crippen LogP contribution in [0.5, 0.6) is 0 Å². The molecular formula is C18H21BrN2O. The third-order valence-electron chi connectivity index (χ3n) is 5.75. The fourth-order valence-corrected chi connectivity index (χ4v) is 5.68. The molecule has 1 aromatic rings. The van der Waals surface area contributed by atoms with Crippen molar-refractivity contribution < 1.29 is 4.79 Å². The molecule has 4 saturated carbocycles. The van der Waals surface area contributed by atoms with Crippen molar-refractivity contribution in [2.75, 3.05) is 0 Å². The lowest BCUT2D eigenvalue weighted by molar-refractivity contribution is -0.146. The van der Waals surface area contributed by atoms with Crippen LogP contribution in [0.15, 0.2) is 33.8 Å². The van der Waals surface area contributed by atoms with Gasteiger partial charge in [-0.2, -0.15) is 5.10 Å². The molecule has 5 rings (SSSR count). The maximum Gasteiger partial charge on any atom is 0.246 e. The van der Waals surface area contributed by atoms with E-state index in [1.165, 1.54) is 19.3 Å². The molecule has 4 fully saturated rings. The van der Waals surface area contributed by atoms with Crippen LogP contribution in [0.2, 0.25) is 0 Å². The van der Waals surface area contributed by atoms with Gasteiger partial charge in [0.05, 0.1) is 11.6 Å². The molecule has 4 aliphatic rings. The zero-order valence-corrected chi connectivity index (χ0v) is 14.2. The average Bonchev–Trinajstić information content (AvgIpc) is 2.46. The van der Waals surface area contributed by atoms with E-state index in [1.54, 1.807) is 6.21 Å². The van der Waals surface area contributed by atoms with Crippen molar-refractivity contribution in [1.82, 2.24) is 5.43 Å². The average molecular weight is 361 g/mol. The van der Waals surface area contributed by atoms with Crippen LogP contribution < -0.4 is 5.43 Å². The molecule has 0 heterocycles. The van der Waals surface area contributed by atoms with Gasteiger partial charge in [-0.1, -0.05) is 28.1 Å². The van der Waals surface area contributed by atoms with E-state index in [9.17, 15) is 4.79 Å². The molecule has 22 heavy (non-hydrogen) atoms. The number of carbonyl (C=O) groups excluding carboxylic acids is 1. The minimum Gasteiger partial charge on any atom is -0.273 e. The van der Waals surface area contributed by atoms with Crippen LogP contribution >= 0.6 is 15.9 Å². The number of nitrogens with one attached hydrogen (secondary N) is 1. The van der Waals surface area contributed by atoms with Gasteiger partial charge >= 0.3 is 0 Å². The maximum atomic E-state index is 12.7. The van der Waals surface area contributed by atoms with Crippen molar-refractivity contribution >= 4 is 28.1 Å². The Kier molecular flexibility index (Phi) is 3.60. The van der Waals surface area contributed by atoms with Crippen molar-refractivity contribution in [3.8, 4) is 0 Å². The topological polar surface area (TPSA) is 41.5 Å². The van der Waals surface area contributed by atoms with Crippen molar-refractivity contribution in [2.45, 2.75) is 38.5 Å². The van der Waals surface area contributed by atoms with Gasteiger partial charge in [0, 0.05) is 4.47 Å². The molecule has 4 bridgehead atoms. The van der Waals surface area contributed by atoms with Gasteiger partial charge in [0.25, 0.3) is 0 Å². The molecule has 1 N–H and O–H groups in total. The molecule has 116 valence electrons. The SMILES string of the molecule is O=C(NN=Cc1cccc(Br)c1)C12CC3CC(CC(C3)C1)C2. The van der Waals surface area contributed by atoms with Crippen molar-refractivity contribution in [1.29, 1.82) is 0 Å². The Balaban J connectivity index is 1.44. The van der Waals surface area contributed by atoms with E-state index >= 15 is 0 Å². The second-order valence-corrected chi connectivity index (χ2v) is 8.37. The number of benzene rings is 1. The third kappa shape index (κ3) is 2.62. The van der Waals surface area contributed by atoms with Crippen LogP contribution in [0.3, 0.4) is 0 Å². The summed E-state index contributed by atoms with van der Waals surface area (Å²) in [5.74, 6) is 2.50. The Bertz CT molecular complexity index is 590. The first-order chi connectivity index (χ1) is 10.6. The molecule has 0 unspecified atom stereocenters. The van der Waals surface area contributed by atoms with Crippen LogP contribution in [0.4, 0.5) is 0 Å². The van der Waals surface area contributed by atoms with Crippen LogP contribution in [-0.2, 0) is 4.79 Å². The number of rotatable bonds is 3. The van der Waals surface area contributed by atoms with Gasteiger partial charge in [-0.05, 0) is 74.0 Å². The van der Waals surface area contributed by atoms with E-state index in [-0.39, 0.29) is 11.3 Å². The summed E-state index contributed by atoms with van der Waals surface area (Å²) in [6.45, 7) is 0. The number of hydrazone groups is 1. The Morgan fingerprint density at radius 3 is 2.41 bits per heavy atom. The molecule has 4 aliphatic carbocycles. The normalized spacial score (nSPS) is 36.0. The highest BCUT2D eigenvalue weighted by molar-refractivity contribution is 9.10. The largest absolute Gasteiger partial charge is 0.273 e. The number of hydrogen-bond acceptors (Lipinski definition) is 2. The van der Waals surface area contributed by atoms with Crippen molar-refractivity contribution in [3.05, 3.63) is 34.3 Å². The number of carbonyl (C=O) groups is 1. The molecule has 4 heteroatoms. The molecule has 0 spiro atoms. The highest BCUT2D eigenvalue weighted by Gasteiger charge is 2.54. The summed E-state index contributed by atoms with van der Waals surface area (Å²) in [6, 6.07) is 7.91.